The van der Waals surface area contributed by atoms with Gasteiger partial charge in [-0.15, -0.1) is 0 Å². The van der Waals surface area contributed by atoms with E-state index in [2.05, 4.69) is 0 Å². The zero-order valence-electron chi connectivity index (χ0n) is 34.2. The molecule has 0 spiro atoms. The number of nitrogens with zero attached hydrogens (tertiary/aromatic N) is 4. The third kappa shape index (κ3) is 13.2. The van der Waals surface area contributed by atoms with Crippen LogP contribution in [0, 0.1) is 0 Å². The first-order chi connectivity index (χ1) is 27.8. The highest BCUT2D eigenvalue weighted by atomic mass is 16.7. The fraction of sp³-hybridized carbons (Fsp3) is 0.676. The Bertz CT molecular complexity index is 1520. The summed E-state index contributed by atoms with van der Waals surface area (Å²) in [4.78, 5) is 104. The van der Waals surface area contributed by atoms with E-state index in [1.165, 1.54) is 27.7 Å². The lowest BCUT2D eigenvalue weighted by Gasteiger charge is -2.47. The van der Waals surface area contributed by atoms with Crippen LogP contribution in [0.2, 0.25) is 0 Å². The average molecular weight is 841 g/mol. The standard InChI is InChI=1S/C37H52N4O18/c1-20(42)50-16-28-30(52-22(3)44)32(54-24(5)46)34(56-26(7)48)36(58-28)40-14-12-38(18-40)10-9-11-39-13-15-41(19-39)37-35(57-27(8)49)33(55-25(6)47)31(53-23(4)45)29(59-37)17-51-21(2)43/h12-15,28-37H,9-11,16-19H2,1-8H3/t28-,29-,30-,31-,32+,33+,34-,35-,36-,37-/m1/s1. The quantitative estimate of drug-likeness (QED) is 0.142. The Hall–Kier alpha value is -5.64. The molecule has 0 unspecified atom stereocenters. The van der Waals surface area contributed by atoms with Gasteiger partial charge in [0.2, 0.25) is 0 Å². The Morgan fingerprint density at radius 2 is 0.746 bits per heavy atom. The van der Waals surface area contributed by atoms with Gasteiger partial charge >= 0.3 is 47.8 Å². The van der Waals surface area contributed by atoms with Crippen molar-refractivity contribution in [2.75, 3.05) is 39.6 Å². The SMILES string of the molecule is CC(=O)OC[C@H]1O[C@@H](N2C=CN(CCCN3C=CN([C@@H]4O[C@H](COC(C)=O)[C@@H](OC(C)=O)[C@H](OC(C)=O)[C@H]4OC(C)=O)C3)C2)[C@H](OC(C)=O)[C@@H](OC(C)=O)[C@@H]1OC(C)=O. The van der Waals surface area contributed by atoms with Crippen molar-refractivity contribution in [1.82, 2.24) is 19.6 Å². The Morgan fingerprint density at radius 1 is 0.441 bits per heavy atom. The summed E-state index contributed by atoms with van der Waals surface area (Å²) in [6.07, 6.45) is -4.43. The molecule has 22 nitrogen and oxygen atoms in total. The zero-order chi connectivity index (χ0) is 43.6. The fourth-order valence-corrected chi connectivity index (χ4v) is 7.01. The molecule has 0 aromatic rings. The number of hydrogen-bond acceptors (Lipinski definition) is 22. The monoisotopic (exact) mass is 840 g/mol. The maximum Gasteiger partial charge on any atom is 0.303 e. The number of ether oxygens (including phenoxy) is 10. The summed E-state index contributed by atoms with van der Waals surface area (Å²) in [5, 5.41) is 0. The number of rotatable bonds is 16. The summed E-state index contributed by atoms with van der Waals surface area (Å²) in [6.45, 7) is 10.1. The normalized spacial score (nSPS) is 28.7. The second-order valence-electron chi connectivity index (χ2n) is 14.1. The van der Waals surface area contributed by atoms with E-state index in [1.54, 1.807) is 34.6 Å². The number of esters is 8. The lowest BCUT2D eigenvalue weighted by molar-refractivity contribution is -0.274. The van der Waals surface area contributed by atoms with E-state index in [1.807, 2.05) is 9.80 Å². The maximum atomic E-state index is 12.3. The first kappa shape index (κ1) is 46.1. The summed E-state index contributed by atoms with van der Waals surface area (Å²) < 4.78 is 56.1. The third-order valence-electron chi connectivity index (χ3n) is 9.10. The predicted octanol–water partition coefficient (Wildman–Crippen LogP) is -0.365. The minimum absolute atomic E-state index is 0.237. The van der Waals surface area contributed by atoms with Gasteiger partial charge in [0, 0.05) is 93.3 Å². The van der Waals surface area contributed by atoms with E-state index in [9.17, 15) is 38.4 Å². The van der Waals surface area contributed by atoms with Gasteiger partial charge in [-0.2, -0.15) is 0 Å². The molecule has 22 heteroatoms. The zero-order valence-corrected chi connectivity index (χ0v) is 34.2. The van der Waals surface area contributed by atoms with Crippen molar-refractivity contribution >= 4 is 47.8 Å². The van der Waals surface area contributed by atoms with Crippen molar-refractivity contribution < 1.29 is 85.7 Å². The summed E-state index contributed by atoms with van der Waals surface area (Å²) in [5.41, 5.74) is 0. The summed E-state index contributed by atoms with van der Waals surface area (Å²) in [7, 11) is 0. The Kier molecular flexibility index (Phi) is 16.3. The van der Waals surface area contributed by atoms with Gasteiger partial charge in [0.25, 0.3) is 0 Å². The lowest BCUT2D eigenvalue weighted by atomic mass is 9.96. The predicted molar refractivity (Wildman–Crippen MR) is 194 cm³/mol. The van der Waals surface area contributed by atoms with Gasteiger partial charge in [-0.1, -0.05) is 0 Å². The van der Waals surface area contributed by atoms with Gasteiger partial charge in [0.05, 0.1) is 13.3 Å². The molecule has 4 aliphatic rings. The molecule has 2 saturated heterocycles. The molecule has 0 N–H and O–H groups in total. The fourth-order valence-electron chi connectivity index (χ4n) is 7.01. The minimum Gasteiger partial charge on any atom is -0.463 e. The van der Waals surface area contributed by atoms with Crippen LogP contribution >= 0.6 is 0 Å². The molecule has 2 fully saturated rings. The summed E-state index contributed by atoms with van der Waals surface area (Å²) >= 11 is 0. The topological polar surface area (TPSA) is 242 Å². The van der Waals surface area contributed by atoms with Gasteiger partial charge < -0.3 is 67.0 Å². The number of hydrogen-bond donors (Lipinski definition) is 0. The van der Waals surface area contributed by atoms with Crippen LogP contribution in [0.5, 0.6) is 0 Å². The van der Waals surface area contributed by atoms with Crippen LogP contribution in [-0.4, -0.2) is 168 Å². The van der Waals surface area contributed by atoms with Gasteiger partial charge in [0.1, 0.15) is 25.4 Å². The Morgan fingerprint density at radius 3 is 1.05 bits per heavy atom. The molecule has 59 heavy (non-hydrogen) atoms. The molecule has 4 heterocycles. The van der Waals surface area contributed by atoms with E-state index < -0.39 is 109 Å². The van der Waals surface area contributed by atoms with Crippen molar-refractivity contribution in [2.45, 2.75) is 123 Å². The van der Waals surface area contributed by atoms with Gasteiger partial charge in [0.15, 0.2) is 49.1 Å². The molecule has 0 aliphatic carbocycles. The minimum atomic E-state index is -1.31. The Balaban J connectivity index is 1.44. The number of carbonyl (C=O) groups excluding carboxylic acids is 8. The average Bonchev–Trinajstić information content (AvgIpc) is 3.79. The second-order valence-corrected chi connectivity index (χ2v) is 14.1. The molecular weight excluding hydrogens is 788 g/mol. The van der Waals surface area contributed by atoms with Crippen LogP contribution in [0.15, 0.2) is 24.8 Å². The van der Waals surface area contributed by atoms with Crippen molar-refractivity contribution in [1.29, 1.82) is 0 Å². The van der Waals surface area contributed by atoms with Crippen LogP contribution in [0.1, 0.15) is 61.8 Å². The molecular formula is C37H52N4O18. The van der Waals surface area contributed by atoms with E-state index in [4.69, 9.17) is 47.4 Å². The molecule has 4 rings (SSSR count). The smallest absolute Gasteiger partial charge is 0.303 e. The van der Waals surface area contributed by atoms with E-state index in [0.717, 1.165) is 27.7 Å². The molecule has 0 amide bonds. The van der Waals surface area contributed by atoms with Crippen LogP contribution in [0.4, 0.5) is 0 Å². The highest BCUT2D eigenvalue weighted by Crippen LogP contribution is 2.34. The molecule has 0 radical (unpaired) electrons. The molecule has 0 aromatic heterocycles. The molecule has 0 aromatic carbocycles. The van der Waals surface area contributed by atoms with Crippen LogP contribution in [0.3, 0.4) is 0 Å². The van der Waals surface area contributed by atoms with Gasteiger partial charge in [-0.25, -0.2) is 0 Å². The lowest BCUT2D eigenvalue weighted by Crippen LogP contribution is -2.65. The van der Waals surface area contributed by atoms with E-state index >= 15 is 0 Å². The van der Waals surface area contributed by atoms with Crippen molar-refractivity contribution in [3.8, 4) is 0 Å². The van der Waals surface area contributed by atoms with Gasteiger partial charge in [-0.05, 0) is 6.42 Å². The third-order valence-corrected chi connectivity index (χ3v) is 9.10. The summed E-state index contributed by atoms with van der Waals surface area (Å²) in [5.74, 6) is -5.61. The first-order valence-electron chi connectivity index (χ1n) is 18.8. The van der Waals surface area contributed by atoms with Crippen LogP contribution in [-0.2, 0) is 85.7 Å². The molecule has 0 saturated carbocycles. The second kappa shape index (κ2) is 20.9. The van der Waals surface area contributed by atoms with Crippen molar-refractivity contribution in [3.63, 3.8) is 0 Å². The Labute approximate surface area is 340 Å². The highest BCUT2D eigenvalue weighted by molar-refractivity contribution is 5.70. The van der Waals surface area contributed by atoms with Gasteiger partial charge in [-0.3, -0.25) is 38.4 Å². The van der Waals surface area contributed by atoms with Crippen molar-refractivity contribution in [2.24, 2.45) is 0 Å². The van der Waals surface area contributed by atoms with E-state index in [0.29, 0.717) is 19.5 Å². The van der Waals surface area contributed by atoms with Crippen LogP contribution in [0.25, 0.3) is 0 Å². The highest BCUT2D eigenvalue weighted by Gasteiger charge is 2.55. The van der Waals surface area contributed by atoms with E-state index in [-0.39, 0.29) is 26.6 Å². The summed E-state index contributed by atoms with van der Waals surface area (Å²) in [6, 6.07) is 0. The molecule has 0 bridgehead atoms. The van der Waals surface area contributed by atoms with Crippen LogP contribution < -0.4 is 0 Å². The molecule has 328 valence electrons. The molecule has 4 aliphatic heterocycles. The number of carbonyl (C=O) groups is 8. The maximum absolute atomic E-state index is 12.3. The molecule has 10 atom stereocenters. The van der Waals surface area contributed by atoms with Crippen molar-refractivity contribution in [3.05, 3.63) is 24.8 Å². The first-order valence-corrected chi connectivity index (χ1v) is 18.8. The largest absolute Gasteiger partial charge is 0.463 e.